The van der Waals surface area contributed by atoms with Gasteiger partial charge in [0.05, 0.1) is 16.3 Å². The van der Waals surface area contributed by atoms with E-state index < -0.39 is 0 Å². The van der Waals surface area contributed by atoms with Crippen LogP contribution in [0.25, 0.3) is 27.6 Å². The van der Waals surface area contributed by atoms with Crippen molar-refractivity contribution < 1.29 is 0 Å². The fraction of sp³-hybridized carbons (Fsp3) is 0.172. The number of aromatic nitrogens is 3. The minimum absolute atomic E-state index is 0.271. The van der Waals surface area contributed by atoms with Crippen molar-refractivity contribution in [2.24, 2.45) is 16.5 Å². The van der Waals surface area contributed by atoms with Gasteiger partial charge in [0.2, 0.25) is 0 Å². The summed E-state index contributed by atoms with van der Waals surface area (Å²) in [5.41, 5.74) is 19.0. The average molecular weight is 523 g/mol. The minimum atomic E-state index is 0.271. The third kappa shape index (κ3) is 5.40. The van der Waals surface area contributed by atoms with Gasteiger partial charge >= 0.3 is 0 Å². The topological polar surface area (TPSA) is 122 Å². The standard InChI is InChI=1S/C29H30N8S/c1-20-26(29-35-25(23-10-6-3-7-11-23)27(38-29)28(32)33-19-31)37-18-22(12-13-24(37)34-20)17-36(15-14-30)16-21-8-4-2-5-9-21/h2-13,18-19H,14-17,30H2,1H3,(H3,31,32,33). The molecule has 0 saturated carbocycles. The summed E-state index contributed by atoms with van der Waals surface area (Å²) in [5.74, 6) is 0.271. The number of thiazole rings is 1. The lowest BCUT2D eigenvalue weighted by Crippen LogP contribution is -2.28. The fourth-order valence-corrected chi connectivity index (χ4v) is 5.66. The lowest BCUT2D eigenvalue weighted by atomic mass is 10.1. The number of nitrogens with two attached hydrogens (primary N) is 2. The third-order valence-electron chi connectivity index (χ3n) is 6.27. The van der Waals surface area contributed by atoms with Gasteiger partial charge in [-0.25, -0.2) is 15.0 Å². The molecule has 5 aromatic rings. The monoisotopic (exact) mass is 522 g/mol. The molecule has 0 spiro atoms. The molecule has 0 aliphatic rings. The molecule has 0 bridgehead atoms. The molecular weight excluding hydrogens is 492 g/mol. The zero-order chi connectivity index (χ0) is 26.5. The summed E-state index contributed by atoms with van der Waals surface area (Å²) in [7, 11) is 0. The normalized spacial score (nSPS) is 11.9. The van der Waals surface area contributed by atoms with E-state index in [1.54, 1.807) is 0 Å². The summed E-state index contributed by atoms with van der Waals surface area (Å²) in [5, 5.41) is 8.19. The number of pyridine rings is 1. The summed E-state index contributed by atoms with van der Waals surface area (Å²) in [4.78, 5) is 16.9. The van der Waals surface area contributed by atoms with Crippen LogP contribution >= 0.6 is 11.3 Å². The van der Waals surface area contributed by atoms with Crippen LogP contribution in [0.4, 0.5) is 0 Å². The van der Waals surface area contributed by atoms with Crippen molar-refractivity contribution in [2.75, 3.05) is 13.1 Å². The van der Waals surface area contributed by atoms with Crippen molar-refractivity contribution in [3.63, 3.8) is 0 Å². The van der Waals surface area contributed by atoms with Crippen LogP contribution in [0.3, 0.4) is 0 Å². The number of imidazole rings is 1. The van der Waals surface area contributed by atoms with E-state index in [1.165, 1.54) is 16.9 Å². The number of aliphatic imine (C=N–C) groups is 1. The number of rotatable bonds is 10. The van der Waals surface area contributed by atoms with E-state index in [9.17, 15) is 0 Å². The van der Waals surface area contributed by atoms with Crippen LogP contribution in [-0.4, -0.2) is 44.5 Å². The molecule has 192 valence electrons. The van der Waals surface area contributed by atoms with Crippen LogP contribution in [0.5, 0.6) is 0 Å². The van der Waals surface area contributed by atoms with Crippen LogP contribution in [-0.2, 0) is 13.1 Å². The van der Waals surface area contributed by atoms with Crippen LogP contribution in [0, 0.1) is 12.3 Å². The first-order chi connectivity index (χ1) is 18.6. The number of amidine groups is 1. The number of hydrogen-bond donors (Lipinski definition) is 3. The lowest BCUT2D eigenvalue weighted by Gasteiger charge is -2.22. The molecule has 0 fully saturated rings. The highest BCUT2D eigenvalue weighted by atomic mass is 32.1. The third-order valence-corrected chi connectivity index (χ3v) is 7.35. The first-order valence-corrected chi connectivity index (χ1v) is 13.2. The van der Waals surface area contributed by atoms with Crippen molar-refractivity contribution in [3.8, 4) is 22.0 Å². The summed E-state index contributed by atoms with van der Waals surface area (Å²) >= 11 is 1.46. The zero-order valence-electron chi connectivity index (χ0n) is 21.2. The zero-order valence-corrected chi connectivity index (χ0v) is 22.0. The van der Waals surface area contributed by atoms with Crippen molar-refractivity contribution in [1.29, 1.82) is 5.41 Å². The van der Waals surface area contributed by atoms with E-state index in [4.69, 9.17) is 26.8 Å². The maximum atomic E-state index is 7.39. The largest absolute Gasteiger partial charge is 0.382 e. The number of benzene rings is 2. The minimum Gasteiger partial charge on any atom is -0.382 e. The Bertz CT molecular complexity index is 1570. The second-order valence-electron chi connectivity index (χ2n) is 9.00. The van der Waals surface area contributed by atoms with E-state index in [1.807, 2.05) is 49.4 Å². The summed E-state index contributed by atoms with van der Waals surface area (Å²) in [6.45, 7) is 4.97. The molecule has 0 unspecified atom stereocenters. The first-order valence-electron chi connectivity index (χ1n) is 12.4. The molecule has 38 heavy (non-hydrogen) atoms. The molecule has 0 saturated heterocycles. The molecule has 3 heterocycles. The van der Waals surface area contributed by atoms with Crippen LogP contribution in [0.1, 0.15) is 21.7 Å². The lowest BCUT2D eigenvalue weighted by molar-refractivity contribution is 0.264. The Labute approximate surface area is 225 Å². The molecule has 0 aliphatic carbocycles. The number of hydrogen-bond acceptors (Lipinski definition) is 6. The Morgan fingerprint density at radius 3 is 2.42 bits per heavy atom. The molecule has 9 heteroatoms. The van der Waals surface area contributed by atoms with Crippen molar-refractivity contribution in [3.05, 3.63) is 101 Å². The summed E-state index contributed by atoms with van der Waals surface area (Å²) in [6, 6.07) is 24.5. The van der Waals surface area contributed by atoms with E-state index in [2.05, 4.69) is 50.8 Å². The maximum Gasteiger partial charge on any atom is 0.144 e. The Hall–Kier alpha value is -4.18. The van der Waals surface area contributed by atoms with Gasteiger partial charge in [-0.15, -0.1) is 11.3 Å². The second kappa shape index (κ2) is 11.5. The molecule has 0 radical (unpaired) electrons. The van der Waals surface area contributed by atoms with E-state index in [0.29, 0.717) is 6.54 Å². The number of nitrogens with zero attached hydrogens (tertiary/aromatic N) is 5. The van der Waals surface area contributed by atoms with Gasteiger partial charge < -0.3 is 11.5 Å². The number of fused-ring (bicyclic) bond motifs is 1. The van der Waals surface area contributed by atoms with Gasteiger partial charge in [0.25, 0.3) is 0 Å². The highest BCUT2D eigenvalue weighted by molar-refractivity contribution is 7.17. The molecule has 5 N–H and O–H groups in total. The van der Waals surface area contributed by atoms with Crippen LogP contribution in [0.2, 0.25) is 0 Å². The van der Waals surface area contributed by atoms with E-state index in [0.717, 1.165) is 69.7 Å². The van der Waals surface area contributed by atoms with E-state index in [-0.39, 0.29) is 5.84 Å². The Morgan fingerprint density at radius 2 is 1.71 bits per heavy atom. The average Bonchev–Trinajstić information content (AvgIpc) is 3.50. The van der Waals surface area contributed by atoms with Gasteiger partial charge in [-0.1, -0.05) is 66.7 Å². The fourth-order valence-electron chi connectivity index (χ4n) is 4.57. The van der Waals surface area contributed by atoms with Gasteiger partial charge in [-0.05, 0) is 24.1 Å². The van der Waals surface area contributed by atoms with Gasteiger partial charge in [-0.2, -0.15) is 0 Å². The van der Waals surface area contributed by atoms with Crippen LogP contribution in [0.15, 0.2) is 84.0 Å². The smallest absolute Gasteiger partial charge is 0.144 e. The quantitative estimate of drug-likeness (QED) is 0.181. The van der Waals surface area contributed by atoms with Crippen molar-refractivity contribution in [1.82, 2.24) is 19.3 Å². The second-order valence-corrected chi connectivity index (χ2v) is 10.0. The molecule has 8 nitrogen and oxygen atoms in total. The Kier molecular flexibility index (Phi) is 7.69. The van der Waals surface area contributed by atoms with Gasteiger partial charge in [-0.3, -0.25) is 14.7 Å². The highest BCUT2D eigenvalue weighted by Crippen LogP contribution is 2.35. The molecule has 0 atom stereocenters. The molecule has 2 aromatic carbocycles. The molecular formula is C29H30N8S. The predicted molar refractivity (Wildman–Crippen MR) is 156 cm³/mol. The van der Waals surface area contributed by atoms with Crippen LogP contribution < -0.4 is 11.5 Å². The van der Waals surface area contributed by atoms with Gasteiger partial charge in [0.15, 0.2) is 0 Å². The first kappa shape index (κ1) is 25.5. The predicted octanol–water partition coefficient (Wildman–Crippen LogP) is 4.71. The maximum absolute atomic E-state index is 7.39. The molecule has 5 rings (SSSR count). The number of nitrogens with one attached hydrogen (secondary N) is 1. The van der Waals surface area contributed by atoms with Crippen molar-refractivity contribution in [2.45, 2.75) is 20.0 Å². The Balaban J connectivity index is 1.55. The van der Waals surface area contributed by atoms with Gasteiger partial charge in [0.1, 0.15) is 28.5 Å². The highest BCUT2D eigenvalue weighted by Gasteiger charge is 2.21. The van der Waals surface area contributed by atoms with Crippen molar-refractivity contribution >= 4 is 29.2 Å². The molecule has 0 aliphatic heterocycles. The van der Waals surface area contributed by atoms with Gasteiger partial charge in [0, 0.05) is 37.9 Å². The SMILES string of the molecule is Cc1nc2ccc(CN(CCN)Cc3ccccc3)cn2c1-c1nc(-c2ccccc2)c(C(N)=NC=N)s1. The summed E-state index contributed by atoms with van der Waals surface area (Å²) < 4.78 is 2.11. The molecule has 3 aromatic heterocycles. The number of aryl methyl sites for hydroxylation is 1. The molecule has 0 amide bonds. The summed E-state index contributed by atoms with van der Waals surface area (Å²) in [6.07, 6.45) is 3.09. The Morgan fingerprint density at radius 1 is 1.00 bits per heavy atom. The van der Waals surface area contributed by atoms with E-state index >= 15 is 0 Å².